The second-order valence-corrected chi connectivity index (χ2v) is 10.6. The number of ether oxygens (including phenoxy) is 1. The molecule has 0 bridgehead atoms. The zero-order chi connectivity index (χ0) is 26.1. The second-order valence-electron chi connectivity index (χ2n) is 9.76. The van der Waals surface area contributed by atoms with Gasteiger partial charge in [0.2, 0.25) is 17.8 Å². The van der Waals surface area contributed by atoms with E-state index in [1.807, 2.05) is 4.57 Å². The van der Waals surface area contributed by atoms with Crippen LogP contribution < -0.4 is 16.4 Å². The number of carbonyl (C=O) groups is 1. The molecule has 1 aliphatic carbocycles. The molecule has 0 spiro atoms. The highest BCUT2D eigenvalue weighted by Crippen LogP contribution is 2.39. The Bertz CT molecular complexity index is 1340. The van der Waals surface area contributed by atoms with Crippen LogP contribution in [0.1, 0.15) is 50.6 Å². The third-order valence-electron chi connectivity index (χ3n) is 7.26. The number of aromatic nitrogens is 4. The van der Waals surface area contributed by atoms with E-state index in [-0.39, 0.29) is 23.9 Å². The minimum Gasteiger partial charge on any atom is -0.381 e. The van der Waals surface area contributed by atoms with Crippen molar-refractivity contribution in [2.75, 3.05) is 23.8 Å². The summed E-state index contributed by atoms with van der Waals surface area (Å²) in [5.74, 6) is 0.977. The summed E-state index contributed by atoms with van der Waals surface area (Å²) >= 11 is 12.9. The molecule has 1 aliphatic heterocycles. The molecule has 3 aromatic rings. The van der Waals surface area contributed by atoms with E-state index >= 15 is 0 Å². The van der Waals surface area contributed by atoms with Gasteiger partial charge in [0.15, 0.2) is 5.65 Å². The van der Waals surface area contributed by atoms with Gasteiger partial charge in [-0.25, -0.2) is 9.97 Å². The van der Waals surface area contributed by atoms with Crippen LogP contribution in [0.3, 0.4) is 0 Å². The number of imidazole rings is 1. The standard InChI is InChI=1S/C25H28Cl2N8O2/c1-13-12-37-7-6-19(13)31-24-30-11-20-23(34-24)35(16-4-2-15(3-5-16)22(29)36)25(32-20)33-21-17(26)8-14(10-28)9-18(21)27/h8-9,11,13,15-16,19H,2-7,12H2,1H3,(H2,29,36)(H,32,33)(H,30,31,34)/t13-,15-,16+,19-/m0/s1. The first-order valence-corrected chi connectivity index (χ1v) is 13.1. The van der Waals surface area contributed by atoms with Gasteiger partial charge in [0.1, 0.15) is 5.52 Å². The van der Waals surface area contributed by atoms with Crippen LogP contribution in [0.15, 0.2) is 18.3 Å². The van der Waals surface area contributed by atoms with Crippen LogP contribution in [0, 0.1) is 23.2 Å². The Balaban J connectivity index is 1.53. The minimum atomic E-state index is -0.261. The van der Waals surface area contributed by atoms with E-state index in [0.717, 1.165) is 19.3 Å². The van der Waals surface area contributed by atoms with E-state index in [2.05, 4.69) is 28.6 Å². The van der Waals surface area contributed by atoms with Crippen LogP contribution in [-0.4, -0.2) is 44.7 Å². The van der Waals surface area contributed by atoms with Crippen molar-refractivity contribution in [3.05, 3.63) is 33.9 Å². The van der Waals surface area contributed by atoms with Gasteiger partial charge in [-0.2, -0.15) is 10.2 Å². The van der Waals surface area contributed by atoms with Gasteiger partial charge >= 0.3 is 0 Å². The smallest absolute Gasteiger partial charge is 0.224 e. The Hall–Kier alpha value is -3.13. The molecule has 37 heavy (non-hydrogen) atoms. The Kier molecular flexibility index (Phi) is 7.38. The molecular formula is C25H28Cl2N8O2. The largest absolute Gasteiger partial charge is 0.381 e. The summed E-state index contributed by atoms with van der Waals surface area (Å²) in [6.45, 7) is 3.54. The van der Waals surface area contributed by atoms with E-state index in [9.17, 15) is 10.1 Å². The van der Waals surface area contributed by atoms with Gasteiger partial charge in [-0.3, -0.25) is 9.36 Å². The maximum absolute atomic E-state index is 11.8. The van der Waals surface area contributed by atoms with Gasteiger partial charge in [-0.1, -0.05) is 30.1 Å². The van der Waals surface area contributed by atoms with Crippen molar-refractivity contribution in [2.45, 2.75) is 51.1 Å². The van der Waals surface area contributed by atoms with Crippen molar-refractivity contribution in [1.29, 1.82) is 5.26 Å². The lowest BCUT2D eigenvalue weighted by Crippen LogP contribution is -2.36. The molecule has 2 aliphatic rings. The number of primary amides is 1. The predicted molar refractivity (Wildman–Crippen MR) is 142 cm³/mol. The lowest BCUT2D eigenvalue weighted by atomic mass is 9.85. The molecule has 1 aromatic carbocycles. The fourth-order valence-electron chi connectivity index (χ4n) is 5.14. The highest BCUT2D eigenvalue weighted by atomic mass is 35.5. The number of hydrogen-bond acceptors (Lipinski definition) is 8. The average Bonchev–Trinajstić information content (AvgIpc) is 3.24. The maximum Gasteiger partial charge on any atom is 0.224 e. The van der Waals surface area contributed by atoms with Gasteiger partial charge in [-0.05, 0) is 50.2 Å². The van der Waals surface area contributed by atoms with Crippen molar-refractivity contribution in [1.82, 2.24) is 19.5 Å². The van der Waals surface area contributed by atoms with Gasteiger partial charge in [0.05, 0.1) is 40.2 Å². The van der Waals surface area contributed by atoms with Crippen molar-refractivity contribution in [3.8, 4) is 6.07 Å². The molecule has 1 saturated carbocycles. The lowest BCUT2D eigenvalue weighted by Gasteiger charge is -2.30. The van der Waals surface area contributed by atoms with E-state index in [0.29, 0.717) is 76.3 Å². The molecule has 5 rings (SSSR count). The summed E-state index contributed by atoms with van der Waals surface area (Å²) in [4.78, 5) is 25.9. The van der Waals surface area contributed by atoms with E-state index in [1.54, 1.807) is 18.3 Å². The molecule has 12 heteroatoms. The molecule has 1 amide bonds. The SMILES string of the molecule is C[C@H]1COCC[C@@H]1Nc1ncc2nc(Nc3c(Cl)cc(C#N)cc3Cl)n([C@H]3CC[C@@H](C(N)=O)CC3)c2n1. The summed E-state index contributed by atoms with van der Waals surface area (Å²) in [5, 5.41) is 16.6. The number of nitrogens with one attached hydrogen (secondary N) is 2. The summed E-state index contributed by atoms with van der Waals surface area (Å²) in [6, 6.07) is 5.40. The van der Waals surface area contributed by atoms with Gasteiger partial charge in [-0.15, -0.1) is 0 Å². The molecule has 10 nitrogen and oxygen atoms in total. The molecule has 2 fully saturated rings. The number of benzene rings is 1. The second kappa shape index (κ2) is 10.7. The molecule has 1 saturated heterocycles. The van der Waals surface area contributed by atoms with Crippen LogP contribution in [0.5, 0.6) is 0 Å². The average molecular weight is 543 g/mol. The van der Waals surface area contributed by atoms with Gasteiger partial charge in [0.25, 0.3) is 0 Å². The van der Waals surface area contributed by atoms with Gasteiger partial charge in [0, 0.05) is 24.6 Å². The van der Waals surface area contributed by atoms with Crippen molar-refractivity contribution in [3.63, 3.8) is 0 Å². The van der Waals surface area contributed by atoms with Crippen LogP contribution in [-0.2, 0) is 9.53 Å². The minimum absolute atomic E-state index is 0.0313. The Morgan fingerprint density at radius 3 is 2.57 bits per heavy atom. The Morgan fingerprint density at radius 1 is 1.19 bits per heavy atom. The molecule has 194 valence electrons. The summed E-state index contributed by atoms with van der Waals surface area (Å²) < 4.78 is 7.60. The topological polar surface area (TPSA) is 144 Å². The monoisotopic (exact) mass is 542 g/mol. The third kappa shape index (κ3) is 5.30. The number of amides is 1. The predicted octanol–water partition coefficient (Wildman–Crippen LogP) is 4.80. The number of nitrogens with two attached hydrogens (primary N) is 1. The molecule has 3 heterocycles. The number of halogens is 2. The molecule has 4 N–H and O–H groups in total. The zero-order valence-corrected chi connectivity index (χ0v) is 21.9. The number of carbonyl (C=O) groups excluding carboxylic acids is 1. The lowest BCUT2D eigenvalue weighted by molar-refractivity contribution is -0.122. The molecule has 0 radical (unpaired) electrons. The fourth-order valence-corrected chi connectivity index (χ4v) is 5.72. The van der Waals surface area contributed by atoms with Crippen molar-refractivity contribution in [2.24, 2.45) is 17.6 Å². The number of hydrogen-bond donors (Lipinski definition) is 3. The van der Waals surface area contributed by atoms with Crippen LogP contribution >= 0.6 is 23.2 Å². The van der Waals surface area contributed by atoms with Crippen molar-refractivity contribution < 1.29 is 9.53 Å². The van der Waals surface area contributed by atoms with E-state index < -0.39 is 0 Å². The zero-order valence-electron chi connectivity index (χ0n) is 20.4. The Labute approximate surface area is 224 Å². The summed E-state index contributed by atoms with van der Waals surface area (Å²) in [7, 11) is 0. The molecule has 2 atom stereocenters. The number of nitrogens with zero attached hydrogens (tertiary/aromatic N) is 5. The first-order chi connectivity index (χ1) is 17.8. The highest BCUT2D eigenvalue weighted by molar-refractivity contribution is 6.39. The summed E-state index contributed by atoms with van der Waals surface area (Å²) in [5.41, 5.74) is 7.67. The van der Waals surface area contributed by atoms with E-state index in [4.69, 9.17) is 43.6 Å². The highest BCUT2D eigenvalue weighted by Gasteiger charge is 2.30. The molecular weight excluding hydrogens is 515 g/mol. The fraction of sp³-hybridized carbons (Fsp3) is 0.480. The number of nitriles is 1. The third-order valence-corrected chi connectivity index (χ3v) is 7.86. The first-order valence-electron chi connectivity index (χ1n) is 12.4. The number of rotatable bonds is 6. The van der Waals surface area contributed by atoms with E-state index in [1.165, 1.54) is 0 Å². The van der Waals surface area contributed by atoms with Crippen molar-refractivity contribution >= 4 is 57.9 Å². The normalized spacial score (nSPS) is 23.9. The van der Waals surface area contributed by atoms with Crippen LogP contribution in [0.2, 0.25) is 10.0 Å². The number of anilines is 3. The van der Waals surface area contributed by atoms with Crippen LogP contribution in [0.25, 0.3) is 11.2 Å². The molecule has 2 aromatic heterocycles. The van der Waals surface area contributed by atoms with Gasteiger partial charge < -0.3 is 21.1 Å². The Morgan fingerprint density at radius 2 is 1.92 bits per heavy atom. The van der Waals surface area contributed by atoms with Crippen LogP contribution in [0.4, 0.5) is 17.6 Å². The quantitative estimate of drug-likeness (QED) is 0.402. The first kappa shape index (κ1) is 25.5. The summed E-state index contributed by atoms with van der Waals surface area (Å²) in [6.07, 6.45) is 5.44. The maximum atomic E-state index is 11.8. The number of fused-ring (bicyclic) bond motifs is 1. The molecule has 0 unspecified atom stereocenters.